The minimum absolute atomic E-state index is 0.363. The fraction of sp³-hybridized carbons (Fsp3) is 0.714. The van der Waals surface area contributed by atoms with Crippen LogP contribution in [0, 0.1) is 5.41 Å². The van der Waals surface area contributed by atoms with Crippen molar-refractivity contribution in [2.45, 2.75) is 20.0 Å². The smallest absolute Gasteiger partial charge is 0.380 e. The summed E-state index contributed by atoms with van der Waals surface area (Å²) in [5.41, 5.74) is -0.979. The number of allylic oxidation sites excluding steroid dienone is 1. The van der Waals surface area contributed by atoms with E-state index in [9.17, 15) is 13.2 Å². The van der Waals surface area contributed by atoms with Gasteiger partial charge in [-0.3, -0.25) is 0 Å². The normalized spacial score (nSPS) is 22.8. The summed E-state index contributed by atoms with van der Waals surface area (Å²) in [4.78, 5) is 0. The van der Waals surface area contributed by atoms with Crippen molar-refractivity contribution in [2.24, 2.45) is 5.41 Å². The van der Waals surface area contributed by atoms with Crippen LogP contribution in [0.1, 0.15) is 13.8 Å². The zero-order chi connectivity index (χ0) is 8.70. The second-order valence-corrected chi connectivity index (χ2v) is 3.40. The molecule has 0 aliphatic carbocycles. The van der Waals surface area contributed by atoms with Crippen molar-refractivity contribution in [3.8, 4) is 0 Å². The maximum Gasteiger partial charge on any atom is 0.430 e. The Hall–Kier alpha value is -0.670. The first-order valence-corrected chi connectivity index (χ1v) is 3.35. The van der Waals surface area contributed by atoms with Crippen LogP contribution in [-0.2, 0) is 0 Å². The second kappa shape index (κ2) is 2.16. The van der Waals surface area contributed by atoms with Crippen molar-refractivity contribution >= 4 is 0 Å². The van der Waals surface area contributed by atoms with E-state index in [2.05, 4.69) is 5.32 Å². The summed E-state index contributed by atoms with van der Waals surface area (Å²) in [6.07, 6.45) is -2.99. The molecule has 0 spiro atoms. The lowest BCUT2D eigenvalue weighted by Crippen LogP contribution is -2.24. The van der Waals surface area contributed by atoms with Crippen LogP contribution >= 0.6 is 0 Å². The molecule has 0 atom stereocenters. The molecule has 0 saturated heterocycles. The van der Waals surface area contributed by atoms with E-state index < -0.39 is 11.9 Å². The molecule has 0 fully saturated rings. The lowest BCUT2D eigenvalue weighted by atomic mass is 9.96. The third kappa shape index (κ3) is 1.88. The first kappa shape index (κ1) is 8.43. The highest BCUT2D eigenvalue weighted by Crippen LogP contribution is 2.32. The molecule has 0 bridgehead atoms. The van der Waals surface area contributed by atoms with Crippen molar-refractivity contribution in [2.75, 3.05) is 6.54 Å². The molecule has 0 aromatic heterocycles. The van der Waals surface area contributed by atoms with Gasteiger partial charge in [0.25, 0.3) is 0 Å². The minimum atomic E-state index is -4.21. The fourth-order valence-corrected chi connectivity index (χ4v) is 0.998. The van der Waals surface area contributed by atoms with E-state index in [0.717, 1.165) is 0 Å². The number of nitrogens with one attached hydrogen (secondary N) is 1. The summed E-state index contributed by atoms with van der Waals surface area (Å²) in [7, 11) is 0. The van der Waals surface area contributed by atoms with E-state index in [4.69, 9.17) is 0 Å². The van der Waals surface area contributed by atoms with Crippen molar-refractivity contribution in [3.05, 3.63) is 11.8 Å². The topological polar surface area (TPSA) is 12.0 Å². The van der Waals surface area contributed by atoms with Gasteiger partial charge in [0, 0.05) is 12.0 Å². The molecule has 0 unspecified atom stereocenters. The molecule has 0 amide bonds. The highest BCUT2D eigenvalue weighted by molar-refractivity contribution is 5.17. The van der Waals surface area contributed by atoms with Crippen molar-refractivity contribution in [1.29, 1.82) is 0 Å². The van der Waals surface area contributed by atoms with Crippen LogP contribution in [0.15, 0.2) is 11.8 Å². The summed E-state index contributed by atoms with van der Waals surface area (Å²) in [6, 6.07) is 0. The summed E-state index contributed by atoms with van der Waals surface area (Å²) < 4.78 is 35.9. The molecule has 0 radical (unpaired) electrons. The average molecular weight is 165 g/mol. The Morgan fingerprint density at radius 2 is 2.00 bits per heavy atom. The highest BCUT2D eigenvalue weighted by atomic mass is 19.4. The quantitative estimate of drug-likeness (QED) is 0.579. The van der Waals surface area contributed by atoms with Crippen LogP contribution < -0.4 is 5.32 Å². The second-order valence-electron chi connectivity index (χ2n) is 3.40. The molecule has 4 heteroatoms. The molecule has 1 heterocycles. The van der Waals surface area contributed by atoms with Crippen LogP contribution in [0.3, 0.4) is 0 Å². The van der Waals surface area contributed by atoms with Crippen molar-refractivity contribution in [3.63, 3.8) is 0 Å². The molecular weight excluding hydrogens is 155 g/mol. The van der Waals surface area contributed by atoms with Gasteiger partial charge in [0.05, 0.1) is 0 Å². The first-order chi connectivity index (χ1) is 4.81. The molecule has 11 heavy (non-hydrogen) atoms. The zero-order valence-electron chi connectivity index (χ0n) is 6.42. The van der Waals surface area contributed by atoms with Gasteiger partial charge in [-0.15, -0.1) is 0 Å². The summed E-state index contributed by atoms with van der Waals surface area (Å²) in [5.74, 6) is 0. The van der Waals surface area contributed by atoms with Gasteiger partial charge >= 0.3 is 6.18 Å². The summed E-state index contributed by atoms with van der Waals surface area (Å²) >= 11 is 0. The van der Waals surface area contributed by atoms with Crippen LogP contribution in [0.5, 0.6) is 0 Å². The Bertz CT molecular complexity index is 190. The maximum atomic E-state index is 12.0. The van der Waals surface area contributed by atoms with E-state index in [-0.39, 0.29) is 5.41 Å². The number of halogens is 3. The third-order valence-electron chi connectivity index (χ3n) is 1.57. The van der Waals surface area contributed by atoms with Crippen molar-refractivity contribution < 1.29 is 13.2 Å². The van der Waals surface area contributed by atoms with Gasteiger partial charge in [0.1, 0.15) is 5.70 Å². The van der Waals surface area contributed by atoms with Crippen LogP contribution in [0.4, 0.5) is 13.2 Å². The monoisotopic (exact) mass is 165 g/mol. The zero-order valence-corrected chi connectivity index (χ0v) is 6.42. The maximum absolute atomic E-state index is 12.0. The molecule has 1 rings (SSSR count). The number of alkyl halides is 3. The summed E-state index contributed by atoms with van der Waals surface area (Å²) in [6.45, 7) is 3.89. The number of hydrogen-bond acceptors (Lipinski definition) is 1. The Morgan fingerprint density at radius 1 is 1.45 bits per heavy atom. The molecule has 1 N–H and O–H groups in total. The Balaban J connectivity index is 2.79. The van der Waals surface area contributed by atoms with Gasteiger partial charge in [-0.2, -0.15) is 13.2 Å². The van der Waals surface area contributed by atoms with Gasteiger partial charge in [0.2, 0.25) is 0 Å². The number of hydrogen-bond donors (Lipinski definition) is 1. The highest BCUT2D eigenvalue weighted by Gasteiger charge is 2.39. The lowest BCUT2D eigenvalue weighted by molar-refractivity contribution is -0.0955. The molecule has 1 aliphatic heterocycles. The predicted molar refractivity (Wildman–Crippen MR) is 35.9 cm³/mol. The Morgan fingerprint density at radius 3 is 2.18 bits per heavy atom. The average Bonchev–Trinajstić information content (AvgIpc) is 2.07. The Labute approximate surface area is 63.3 Å². The van der Waals surface area contributed by atoms with Crippen LogP contribution in [0.2, 0.25) is 0 Å². The molecule has 1 aliphatic rings. The lowest BCUT2D eigenvalue weighted by Gasteiger charge is -2.11. The van der Waals surface area contributed by atoms with E-state index in [0.29, 0.717) is 6.54 Å². The number of rotatable bonds is 0. The van der Waals surface area contributed by atoms with Gasteiger partial charge in [-0.05, 0) is 6.08 Å². The molecule has 1 nitrogen and oxygen atoms in total. The first-order valence-electron chi connectivity index (χ1n) is 3.35. The van der Waals surface area contributed by atoms with Gasteiger partial charge in [0.15, 0.2) is 0 Å². The van der Waals surface area contributed by atoms with Crippen LogP contribution in [-0.4, -0.2) is 12.7 Å². The van der Waals surface area contributed by atoms with Gasteiger partial charge in [-0.25, -0.2) is 0 Å². The van der Waals surface area contributed by atoms with E-state index in [1.807, 2.05) is 0 Å². The predicted octanol–water partition coefficient (Wildman–Crippen LogP) is 2.06. The van der Waals surface area contributed by atoms with Gasteiger partial charge in [-0.1, -0.05) is 13.8 Å². The minimum Gasteiger partial charge on any atom is -0.380 e. The molecule has 64 valence electrons. The molecule has 0 aromatic carbocycles. The largest absolute Gasteiger partial charge is 0.430 e. The fourth-order valence-electron chi connectivity index (χ4n) is 0.998. The van der Waals surface area contributed by atoms with Crippen LogP contribution in [0.25, 0.3) is 0 Å². The van der Waals surface area contributed by atoms with E-state index in [1.165, 1.54) is 6.08 Å². The van der Waals surface area contributed by atoms with Gasteiger partial charge < -0.3 is 5.32 Å². The van der Waals surface area contributed by atoms with E-state index >= 15 is 0 Å². The molecule has 0 saturated carbocycles. The summed E-state index contributed by atoms with van der Waals surface area (Å²) in [5, 5.41) is 2.32. The third-order valence-corrected chi connectivity index (χ3v) is 1.57. The SMILES string of the molecule is CC1(C)C=C(C(F)(F)F)NC1. The Kier molecular flexibility index (Phi) is 1.65. The van der Waals surface area contributed by atoms with E-state index in [1.54, 1.807) is 13.8 Å². The van der Waals surface area contributed by atoms with Crippen molar-refractivity contribution in [1.82, 2.24) is 5.32 Å². The standard InChI is InChI=1S/C7H10F3N/c1-6(2)3-5(11-4-6)7(8,9)10/h3,11H,4H2,1-2H3. The molecular formula is C7H10F3N. The molecule has 0 aromatic rings.